The van der Waals surface area contributed by atoms with Gasteiger partial charge in [-0.25, -0.2) is 4.57 Å². The zero-order chi connectivity index (χ0) is 4.50. The summed E-state index contributed by atoms with van der Waals surface area (Å²) in [5.41, 5.74) is 0. The molecule has 0 aromatic carbocycles. The molecule has 0 aliphatic rings. The first-order valence-electron chi connectivity index (χ1n) is 0.783. The Bertz CT molecular complexity index is 58.6. The first kappa shape index (κ1) is 22.7. The minimum atomic E-state index is -4.64. The molecule has 0 saturated carbocycles. The maximum absolute atomic E-state index is 8.88. The molecular weight excluding hydrogens is 179 g/mol. The standard InChI is InChI=1S/Ca.H3O4P.H2O.H4Si.2H/c;1-5(2,3)4;;;;/h;(H3,1,2,3,4);1H2;1H4;;. The molecule has 0 rings (SSSR count). The molecule has 5 nitrogen and oxygen atoms in total. The molecule has 0 spiro atoms. The molecule has 5 N–H and O–H groups in total. The van der Waals surface area contributed by atoms with Crippen LogP contribution < -0.4 is 0 Å². The first-order chi connectivity index (χ1) is 2.00. The minimum Gasteiger partial charge on any atom is -0.0149 e. The summed E-state index contributed by atoms with van der Waals surface area (Å²) in [6, 6.07) is 0. The molecule has 0 aliphatic heterocycles. The van der Waals surface area contributed by atoms with Crippen LogP contribution in [-0.4, -0.2) is 68.9 Å². The molecule has 0 aromatic heterocycles. The summed E-state index contributed by atoms with van der Waals surface area (Å²) in [6.45, 7) is 0. The van der Waals surface area contributed by atoms with Gasteiger partial charge in [-0.15, -0.1) is 0 Å². The molecular formula is H11CaO5PSi. The Balaban J connectivity index is -0.0000000267. The Labute approximate surface area is 80.7 Å². The fourth-order valence-corrected chi connectivity index (χ4v) is 0. The van der Waals surface area contributed by atoms with E-state index < -0.39 is 7.82 Å². The van der Waals surface area contributed by atoms with Crippen LogP contribution in [0.2, 0.25) is 0 Å². The third kappa shape index (κ3) is 135. The van der Waals surface area contributed by atoms with Crippen molar-refractivity contribution in [1.29, 1.82) is 0 Å². The van der Waals surface area contributed by atoms with E-state index in [2.05, 4.69) is 0 Å². The second-order valence-corrected chi connectivity index (χ2v) is 1.54. The molecule has 0 fully saturated rings. The van der Waals surface area contributed by atoms with Crippen LogP contribution in [0.25, 0.3) is 0 Å². The van der Waals surface area contributed by atoms with Gasteiger partial charge in [0.2, 0.25) is 0 Å². The van der Waals surface area contributed by atoms with Gasteiger partial charge >= 0.3 is 45.6 Å². The van der Waals surface area contributed by atoms with Crippen LogP contribution >= 0.6 is 7.82 Å². The van der Waals surface area contributed by atoms with E-state index in [1.807, 2.05) is 0 Å². The Morgan fingerprint density at radius 1 is 1.12 bits per heavy atom. The Hall–Kier alpha value is 1.55. The van der Waals surface area contributed by atoms with Gasteiger partial charge < -0.3 is 20.2 Å². The van der Waals surface area contributed by atoms with Crippen molar-refractivity contribution in [2.24, 2.45) is 0 Å². The van der Waals surface area contributed by atoms with Crippen LogP contribution in [0.3, 0.4) is 0 Å². The Morgan fingerprint density at radius 3 is 1.12 bits per heavy atom. The van der Waals surface area contributed by atoms with E-state index in [0.29, 0.717) is 0 Å². The van der Waals surface area contributed by atoms with Gasteiger partial charge in [-0.2, -0.15) is 0 Å². The van der Waals surface area contributed by atoms with E-state index in [-0.39, 0.29) is 54.2 Å². The molecule has 8 heavy (non-hydrogen) atoms. The van der Waals surface area contributed by atoms with Crippen LogP contribution in [0.15, 0.2) is 0 Å². The maximum Gasteiger partial charge on any atom is -0.0149 e. The van der Waals surface area contributed by atoms with Crippen molar-refractivity contribution in [3.8, 4) is 0 Å². The summed E-state index contributed by atoms with van der Waals surface area (Å²) >= 11 is 0. The molecule has 0 heterocycles. The van der Waals surface area contributed by atoms with Gasteiger partial charge in [0.25, 0.3) is 0 Å². The topological polar surface area (TPSA) is 109 Å². The van der Waals surface area contributed by atoms with Gasteiger partial charge in [0.15, 0.2) is 0 Å². The zero-order valence-corrected chi connectivity index (χ0v) is 3.59. The van der Waals surface area contributed by atoms with E-state index in [9.17, 15) is 0 Å². The summed E-state index contributed by atoms with van der Waals surface area (Å²) < 4.78 is 8.88. The minimum absolute atomic E-state index is 0. The molecule has 0 saturated heterocycles. The van der Waals surface area contributed by atoms with Gasteiger partial charge in [-0.05, 0) is 11.0 Å². The zero-order valence-electron chi connectivity index (χ0n) is 2.70. The van der Waals surface area contributed by atoms with Gasteiger partial charge in [0, 0.05) is 0 Å². The molecule has 0 unspecified atom stereocenters. The predicted molar refractivity (Wildman–Crippen MR) is 37.8 cm³/mol. The first-order valence-corrected chi connectivity index (χ1v) is 2.35. The van der Waals surface area contributed by atoms with Crippen molar-refractivity contribution in [2.45, 2.75) is 0 Å². The largest absolute Gasteiger partial charge is 0.0149 e. The van der Waals surface area contributed by atoms with Crippen molar-refractivity contribution in [1.82, 2.24) is 0 Å². The molecule has 0 aromatic rings. The van der Waals surface area contributed by atoms with E-state index >= 15 is 0 Å². The Morgan fingerprint density at radius 2 is 1.12 bits per heavy atom. The molecule has 0 radical (unpaired) electrons. The monoisotopic (exact) mass is 190 g/mol. The summed E-state index contributed by atoms with van der Waals surface area (Å²) in [4.78, 5) is 21.6. The van der Waals surface area contributed by atoms with Crippen molar-refractivity contribution >= 4 is 56.5 Å². The van der Waals surface area contributed by atoms with Crippen LogP contribution in [0, 0.1) is 0 Å². The van der Waals surface area contributed by atoms with Crippen LogP contribution in [-0.2, 0) is 4.57 Å². The van der Waals surface area contributed by atoms with Crippen LogP contribution in [0.5, 0.6) is 0 Å². The smallest absolute Gasteiger partial charge is 0.0149 e. The predicted octanol–water partition coefficient (Wildman–Crippen LogP) is -4.12. The second-order valence-electron chi connectivity index (χ2n) is 0.513. The molecule has 0 bridgehead atoms. The number of hydrogen-bond acceptors (Lipinski definition) is 1. The maximum atomic E-state index is 8.88. The van der Waals surface area contributed by atoms with E-state index in [4.69, 9.17) is 19.2 Å². The normalized spacial score (nSPS) is 7.38. The average Bonchev–Trinajstić information content (AvgIpc) is 0.722. The van der Waals surface area contributed by atoms with E-state index in [1.165, 1.54) is 0 Å². The van der Waals surface area contributed by atoms with Gasteiger partial charge in [-0.3, -0.25) is 0 Å². The fourth-order valence-electron chi connectivity index (χ4n) is 0. The number of phosphoric acid groups is 1. The fraction of sp³-hybridized carbons (Fsp3) is 0. The van der Waals surface area contributed by atoms with Crippen LogP contribution in [0.1, 0.15) is 0 Å². The molecule has 0 atom stereocenters. The number of hydrogen-bond donors (Lipinski definition) is 3. The van der Waals surface area contributed by atoms with Crippen molar-refractivity contribution in [2.75, 3.05) is 0 Å². The number of rotatable bonds is 0. The third-order valence-corrected chi connectivity index (χ3v) is 0. The van der Waals surface area contributed by atoms with Gasteiger partial charge in [0.1, 0.15) is 0 Å². The molecule has 0 amide bonds. The molecule has 52 valence electrons. The quantitative estimate of drug-likeness (QED) is 0.266. The summed E-state index contributed by atoms with van der Waals surface area (Å²) in [7, 11) is -4.64. The summed E-state index contributed by atoms with van der Waals surface area (Å²) in [5, 5.41) is 0. The SMILES string of the molecule is O.O=P(O)(O)O.[CaH2].[SiH4]. The second kappa shape index (κ2) is 8.55. The van der Waals surface area contributed by atoms with Gasteiger partial charge in [-0.1, -0.05) is 0 Å². The van der Waals surface area contributed by atoms with Crippen molar-refractivity contribution < 1.29 is 24.7 Å². The van der Waals surface area contributed by atoms with Crippen molar-refractivity contribution in [3.05, 3.63) is 0 Å². The average molecular weight is 190 g/mol. The third-order valence-electron chi connectivity index (χ3n) is 0. The Kier molecular flexibility index (Phi) is 24.2. The summed E-state index contributed by atoms with van der Waals surface area (Å²) in [5.74, 6) is 0. The van der Waals surface area contributed by atoms with Crippen LogP contribution in [0.4, 0.5) is 0 Å². The summed E-state index contributed by atoms with van der Waals surface area (Å²) in [6.07, 6.45) is 0. The van der Waals surface area contributed by atoms with Gasteiger partial charge in [0.05, 0.1) is 0 Å². The molecule has 0 aliphatic carbocycles. The molecule has 8 heteroatoms. The van der Waals surface area contributed by atoms with Crippen molar-refractivity contribution in [3.63, 3.8) is 0 Å². The van der Waals surface area contributed by atoms with E-state index in [0.717, 1.165) is 0 Å². The van der Waals surface area contributed by atoms with E-state index in [1.54, 1.807) is 0 Å².